The van der Waals surface area contributed by atoms with Crippen LogP contribution in [0.25, 0.3) is 0 Å². The number of rotatable bonds is 46. The van der Waals surface area contributed by atoms with Gasteiger partial charge in [-0.3, -0.25) is 0 Å². The number of epoxide rings is 1. The zero-order valence-corrected chi connectivity index (χ0v) is 82.6. The van der Waals surface area contributed by atoms with Crippen molar-refractivity contribution >= 4 is 26.4 Å². The molecule has 0 aliphatic carbocycles. The molecule has 23 nitrogen and oxygen atoms in total. The zero-order valence-electron chi connectivity index (χ0n) is 79.6. The molecule has 1 aliphatic rings. The van der Waals surface area contributed by atoms with Crippen LogP contribution in [-0.4, -0.2) is 191 Å². The van der Waals surface area contributed by atoms with Crippen molar-refractivity contribution in [3.8, 4) is 69.0 Å². The quantitative estimate of drug-likeness (QED) is 0.0182. The molecule has 1 heterocycles. The van der Waals surface area contributed by atoms with E-state index in [0.717, 1.165) is 148 Å². The summed E-state index contributed by atoms with van der Waals surface area (Å²) >= 11 is 0. The minimum Gasteiger partial charge on any atom is -0.507 e. The monoisotopic (exact) mass is 1770 g/mol. The van der Waals surface area contributed by atoms with E-state index in [-0.39, 0.29) is 37.3 Å². The highest BCUT2D eigenvalue weighted by Gasteiger charge is 2.40. The fourth-order valence-corrected chi connectivity index (χ4v) is 20.5. The fraction of sp³-hybridized carbons (Fsp3) is 0.510. The molecular formula is C98H142O23Si3. The summed E-state index contributed by atoms with van der Waals surface area (Å²) in [5, 5.41) is 31.3. The van der Waals surface area contributed by atoms with E-state index >= 15 is 0 Å². The second-order valence-electron chi connectivity index (χ2n) is 33.5. The number of hydrogen-bond acceptors (Lipinski definition) is 23. The van der Waals surface area contributed by atoms with E-state index in [0.29, 0.717) is 86.2 Å². The lowest BCUT2D eigenvalue weighted by Gasteiger charge is -2.29. The van der Waals surface area contributed by atoms with Crippen LogP contribution in [0.5, 0.6) is 69.0 Å². The first-order valence-corrected chi connectivity index (χ1v) is 48.3. The molecule has 8 aromatic carbocycles. The molecule has 3 unspecified atom stereocenters. The Morgan fingerprint density at radius 1 is 0.315 bits per heavy atom. The Hall–Kier alpha value is -7.79. The predicted molar refractivity (Wildman–Crippen MR) is 494 cm³/mol. The van der Waals surface area contributed by atoms with E-state index in [9.17, 15) is 15.3 Å². The van der Waals surface area contributed by atoms with Crippen LogP contribution in [0.3, 0.4) is 0 Å². The van der Waals surface area contributed by atoms with Crippen LogP contribution < -0.4 is 33.2 Å². The van der Waals surface area contributed by atoms with Crippen molar-refractivity contribution < 1.29 is 107 Å². The maximum atomic E-state index is 10.6. The molecule has 684 valence electrons. The maximum Gasteiger partial charge on any atom is 0.500 e. The Bertz CT molecular complexity index is 4410. The van der Waals surface area contributed by atoms with Crippen molar-refractivity contribution in [3.63, 3.8) is 0 Å². The van der Waals surface area contributed by atoms with Gasteiger partial charge in [0.25, 0.3) is 0 Å². The summed E-state index contributed by atoms with van der Waals surface area (Å²) in [7, 11) is 8.42. The van der Waals surface area contributed by atoms with Gasteiger partial charge in [0.2, 0.25) is 0 Å². The Balaban J connectivity index is 0.000000318. The average Bonchev–Trinajstić information content (AvgIpc) is 1.13. The van der Waals surface area contributed by atoms with Crippen LogP contribution >= 0.6 is 0 Å². The summed E-state index contributed by atoms with van der Waals surface area (Å²) in [6.45, 7) is 45.1. The van der Waals surface area contributed by atoms with Gasteiger partial charge in [-0.2, -0.15) is 0 Å². The van der Waals surface area contributed by atoms with Gasteiger partial charge in [-0.05, 0) is 290 Å². The standard InChI is InChI=1S/C53H80O14Si2.C36H42O4.C9H20O5Si/c1-35-23-43(24-36(2)51(35)66-47-27-39(5)49(40(6)28-47)64-33-45(54)31-62-19-17-21-68(56-11,57-12)58-13)53(9,10)44-25-37(3)52(38(4)26-44)67-48-29-41(7)50(42(8)30-48)65-34-46(55)32-63-20-18-22-69(59-14,60-15)61-16;1-20-16-30(17-21(2)32(20)37)39-34-22(3)12-28(13-23(34)4)36(9,10)29-14-24(5)35(25(6)15-29)40-31-18-26(7)33(38-11)27(8)19-31;1-10-15(11-2,12-3)6-4-5-13-7-9-8-14-9/h23-30,45-46,54-55H,17-22,31-34H2,1-16H3;12-19,37H,1-11H3;9H,4-8H2,1-3H3. The number of ether oxygens (including phenoxy) is 11. The van der Waals surface area contributed by atoms with Gasteiger partial charge in [0, 0.05) is 113 Å². The normalized spacial score (nSPS) is 13.5. The van der Waals surface area contributed by atoms with Gasteiger partial charge in [0.05, 0.1) is 33.5 Å². The first kappa shape index (κ1) is 103. The molecule has 1 fully saturated rings. The van der Waals surface area contributed by atoms with Crippen LogP contribution in [-0.2, 0) is 69.6 Å². The zero-order chi connectivity index (χ0) is 91.8. The minimum absolute atomic E-state index is 0.0965. The topological polar surface area (TPSA) is 249 Å². The molecule has 26 heteroatoms. The molecule has 1 aliphatic heterocycles. The van der Waals surface area contributed by atoms with Crippen LogP contribution in [0.4, 0.5) is 0 Å². The predicted octanol–water partition coefficient (Wildman–Crippen LogP) is 20.6. The number of aliphatic hydroxyl groups excluding tert-OH is 2. The van der Waals surface area contributed by atoms with Crippen molar-refractivity contribution in [2.45, 2.75) is 205 Å². The SMILES string of the molecule is CO[Si](CCCOCC(O)COc1c(C)cc(Oc2c(C)cc(C(C)(C)c3cc(C)c(Oc4cc(C)c(OCC(O)COCCC[Si](OC)(OC)OC)c(C)c4)c(C)c3)cc2C)cc1C)(OC)OC.CO[Si](CCCOCC1CO1)(OC)OC.COc1c(C)cc(Oc2c(C)cc(C(C)(C)c3cc(C)c(Oc4cc(C)c(O)c(C)c4)c(C)c3)cc2C)cc1C. The Morgan fingerprint density at radius 3 is 0.758 bits per heavy atom. The molecule has 0 radical (unpaired) electrons. The summed E-state index contributed by atoms with van der Waals surface area (Å²) in [5.41, 5.74) is 20.0. The van der Waals surface area contributed by atoms with Crippen LogP contribution in [0.1, 0.15) is 158 Å². The smallest absolute Gasteiger partial charge is 0.500 e. The molecule has 0 bridgehead atoms. The van der Waals surface area contributed by atoms with Crippen molar-refractivity contribution in [2.75, 3.05) is 131 Å². The number of aliphatic hydroxyl groups is 2. The van der Waals surface area contributed by atoms with Gasteiger partial charge in [0.1, 0.15) is 101 Å². The molecule has 0 aromatic heterocycles. The molecule has 0 amide bonds. The molecular weight excluding hydrogens is 1630 g/mol. The summed E-state index contributed by atoms with van der Waals surface area (Å²) < 4.78 is 114. The van der Waals surface area contributed by atoms with Crippen LogP contribution in [0, 0.1) is 111 Å². The van der Waals surface area contributed by atoms with Gasteiger partial charge in [-0.25, -0.2) is 0 Å². The van der Waals surface area contributed by atoms with E-state index in [1.54, 1.807) is 71.1 Å². The average molecular weight is 1770 g/mol. The second kappa shape index (κ2) is 47.3. The molecule has 3 atom stereocenters. The number of aromatic hydroxyl groups is 1. The molecule has 0 spiro atoms. The Morgan fingerprint density at radius 2 is 0.532 bits per heavy atom. The van der Waals surface area contributed by atoms with Crippen molar-refractivity contribution in [1.29, 1.82) is 0 Å². The van der Waals surface area contributed by atoms with E-state index < -0.39 is 38.6 Å². The Kier molecular flexibility index (Phi) is 39.4. The third-order valence-electron chi connectivity index (χ3n) is 22.9. The lowest BCUT2D eigenvalue weighted by atomic mass is 9.76. The number of methoxy groups -OCH3 is 1. The van der Waals surface area contributed by atoms with Crippen LogP contribution in [0.15, 0.2) is 97.1 Å². The molecule has 3 N–H and O–H groups in total. The maximum absolute atomic E-state index is 10.6. The summed E-state index contributed by atoms with van der Waals surface area (Å²) in [4.78, 5) is 0. The molecule has 9 rings (SSSR count). The lowest BCUT2D eigenvalue weighted by molar-refractivity contribution is 0.0108. The highest BCUT2D eigenvalue weighted by atomic mass is 28.4. The molecule has 8 aromatic rings. The fourth-order valence-electron chi connectivity index (χ4n) is 15.5. The summed E-state index contributed by atoms with van der Waals surface area (Å²) in [6, 6.07) is 35.5. The third kappa shape index (κ3) is 27.9. The second-order valence-corrected chi connectivity index (χ2v) is 42.8. The number of hydrogen-bond donors (Lipinski definition) is 3. The summed E-state index contributed by atoms with van der Waals surface area (Å²) in [6.07, 6.45) is 1.01. The van der Waals surface area contributed by atoms with E-state index in [4.69, 9.17) is 91.9 Å². The largest absolute Gasteiger partial charge is 0.507 e. The van der Waals surface area contributed by atoms with Gasteiger partial charge in [0.15, 0.2) is 0 Å². The van der Waals surface area contributed by atoms with Gasteiger partial charge in [-0.15, -0.1) is 0 Å². The van der Waals surface area contributed by atoms with Gasteiger partial charge in [-0.1, -0.05) is 76.2 Å². The number of phenols is 1. The number of aryl methyl sites for hydroxylation is 16. The van der Waals surface area contributed by atoms with E-state index in [1.807, 2.05) is 104 Å². The van der Waals surface area contributed by atoms with Crippen LogP contribution in [0.2, 0.25) is 18.1 Å². The first-order valence-electron chi connectivity index (χ1n) is 42.5. The van der Waals surface area contributed by atoms with E-state index in [2.05, 4.69) is 132 Å². The van der Waals surface area contributed by atoms with Gasteiger partial charge < -0.3 is 107 Å². The molecule has 1 saturated heterocycles. The third-order valence-corrected chi connectivity index (χ3v) is 31.4. The molecule has 124 heavy (non-hydrogen) atoms. The highest BCUT2D eigenvalue weighted by molar-refractivity contribution is 6.61. The number of benzene rings is 8. The van der Waals surface area contributed by atoms with Gasteiger partial charge >= 0.3 is 26.4 Å². The van der Waals surface area contributed by atoms with E-state index in [1.165, 1.54) is 22.3 Å². The van der Waals surface area contributed by atoms with Crippen molar-refractivity contribution in [1.82, 2.24) is 0 Å². The van der Waals surface area contributed by atoms with Crippen molar-refractivity contribution in [2.24, 2.45) is 0 Å². The minimum atomic E-state index is -2.65. The van der Waals surface area contributed by atoms with Crippen molar-refractivity contribution in [3.05, 3.63) is 208 Å². The first-order chi connectivity index (χ1) is 58.7. The summed E-state index contributed by atoms with van der Waals surface area (Å²) in [5.74, 6) is 8.97. The number of phenolic OH excluding ortho intramolecular Hbond substituents is 1. The lowest BCUT2D eigenvalue weighted by Crippen LogP contribution is -2.42. The highest BCUT2D eigenvalue weighted by Crippen LogP contribution is 2.45. The molecule has 0 saturated carbocycles. The Labute approximate surface area is 742 Å².